The largest absolute Gasteiger partial charge is 0.387 e. The van der Waals surface area contributed by atoms with E-state index in [2.05, 4.69) is 21.2 Å². The number of carbonyl (C=O) groups excluding carboxylic acids is 1. The Labute approximate surface area is 140 Å². The number of hydrogen-bond donors (Lipinski definition) is 2. The van der Waals surface area contributed by atoms with Gasteiger partial charge in [0.15, 0.2) is 0 Å². The van der Waals surface area contributed by atoms with Crippen LogP contribution in [0.5, 0.6) is 0 Å². The lowest BCUT2D eigenvalue weighted by atomic mass is 10.0. The van der Waals surface area contributed by atoms with Crippen LogP contribution in [0.25, 0.3) is 10.8 Å². The Morgan fingerprint density at radius 2 is 2.00 bits per heavy atom. The second-order valence-electron chi connectivity index (χ2n) is 4.92. The maximum absolute atomic E-state index is 12.0. The fraction of sp³-hybridized carbons (Fsp3) is 0.118. The molecule has 0 aliphatic heterocycles. The molecule has 112 valence electrons. The van der Waals surface area contributed by atoms with Gasteiger partial charge >= 0.3 is 0 Å². The maximum atomic E-state index is 12.0. The highest BCUT2D eigenvalue weighted by molar-refractivity contribution is 9.10. The summed E-state index contributed by atoms with van der Waals surface area (Å²) in [7, 11) is 0. The van der Waals surface area contributed by atoms with E-state index in [1.807, 2.05) is 47.8 Å². The zero-order valence-corrected chi connectivity index (χ0v) is 14.0. The quantitative estimate of drug-likeness (QED) is 0.720. The molecule has 2 aromatic carbocycles. The minimum atomic E-state index is -0.738. The first-order valence-electron chi connectivity index (χ1n) is 6.83. The Kier molecular flexibility index (Phi) is 4.57. The number of amides is 1. The Bertz CT molecular complexity index is 810. The Balaban J connectivity index is 1.74. The van der Waals surface area contributed by atoms with Crippen LogP contribution < -0.4 is 5.32 Å². The van der Waals surface area contributed by atoms with Crippen molar-refractivity contribution < 1.29 is 9.90 Å². The number of hydrogen-bond acceptors (Lipinski definition) is 3. The van der Waals surface area contributed by atoms with Crippen molar-refractivity contribution in [2.45, 2.75) is 6.10 Å². The number of halogens is 1. The SMILES string of the molecule is O=C(NC[C@H](O)c1cccc2ccccc12)c1cc(Br)cs1. The predicted octanol–water partition coefficient (Wildman–Crippen LogP) is 4.13. The summed E-state index contributed by atoms with van der Waals surface area (Å²) in [5.74, 6) is -0.171. The number of rotatable bonds is 4. The molecule has 0 saturated carbocycles. The molecule has 1 amide bonds. The summed E-state index contributed by atoms with van der Waals surface area (Å²) in [6.07, 6.45) is -0.738. The fourth-order valence-electron chi connectivity index (χ4n) is 2.36. The molecule has 0 unspecified atom stereocenters. The summed E-state index contributed by atoms with van der Waals surface area (Å²) >= 11 is 4.69. The van der Waals surface area contributed by atoms with E-state index in [1.54, 1.807) is 6.07 Å². The van der Waals surface area contributed by atoms with E-state index in [4.69, 9.17) is 0 Å². The van der Waals surface area contributed by atoms with Gasteiger partial charge < -0.3 is 10.4 Å². The molecular weight excluding hydrogens is 362 g/mol. The van der Waals surface area contributed by atoms with Gasteiger partial charge in [-0.15, -0.1) is 11.3 Å². The molecule has 3 rings (SSSR count). The molecule has 0 spiro atoms. The lowest BCUT2D eigenvalue weighted by Crippen LogP contribution is -2.27. The van der Waals surface area contributed by atoms with Gasteiger partial charge in [0, 0.05) is 16.4 Å². The third kappa shape index (κ3) is 3.21. The summed E-state index contributed by atoms with van der Waals surface area (Å²) in [5.41, 5.74) is 0.825. The topological polar surface area (TPSA) is 49.3 Å². The standard InChI is InChI=1S/C17H14BrNO2S/c18-12-8-16(22-10-12)17(21)19-9-15(20)14-7-3-5-11-4-1-2-6-13(11)14/h1-8,10,15,20H,9H2,(H,19,21)/t15-/m0/s1. The summed E-state index contributed by atoms with van der Waals surface area (Å²) in [6, 6.07) is 15.5. The van der Waals surface area contributed by atoms with Crippen LogP contribution in [0.2, 0.25) is 0 Å². The molecule has 0 fully saturated rings. The van der Waals surface area contributed by atoms with E-state index in [0.29, 0.717) is 4.88 Å². The molecule has 1 atom stereocenters. The molecule has 0 saturated heterocycles. The number of nitrogens with one attached hydrogen (secondary N) is 1. The summed E-state index contributed by atoms with van der Waals surface area (Å²) in [5, 5.41) is 17.1. The molecule has 0 bridgehead atoms. The smallest absolute Gasteiger partial charge is 0.261 e. The lowest BCUT2D eigenvalue weighted by molar-refractivity contribution is 0.0921. The molecule has 22 heavy (non-hydrogen) atoms. The zero-order chi connectivity index (χ0) is 15.5. The van der Waals surface area contributed by atoms with Crippen molar-refractivity contribution in [3.8, 4) is 0 Å². The summed E-state index contributed by atoms with van der Waals surface area (Å²) in [6.45, 7) is 0.183. The van der Waals surface area contributed by atoms with Gasteiger partial charge in [0.2, 0.25) is 0 Å². The minimum Gasteiger partial charge on any atom is -0.387 e. The summed E-state index contributed by atoms with van der Waals surface area (Å²) in [4.78, 5) is 12.6. The molecule has 0 radical (unpaired) electrons. The van der Waals surface area contributed by atoms with Crippen LogP contribution in [0.1, 0.15) is 21.3 Å². The van der Waals surface area contributed by atoms with Crippen LogP contribution in [0.15, 0.2) is 58.4 Å². The molecule has 2 N–H and O–H groups in total. The molecular formula is C17H14BrNO2S. The van der Waals surface area contributed by atoms with Gasteiger partial charge in [0.25, 0.3) is 5.91 Å². The van der Waals surface area contributed by atoms with E-state index in [-0.39, 0.29) is 12.5 Å². The van der Waals surface area contributed by atoms with Crippen molar-refractivity contribution >= 4 is 43.9 Å². The second kappa shape index (κ2) is 6.60. The van der Waals surface area contributed by atoms with Gasteiger partial charge in [-0.05, 0) is 38.3 Å². The molecule has 0 aliphatic carbocycles. The number of carbonyl (C=O) groups is 1. The van der Waals surface area contributed by atoms with Gasteiger partial charge in [-0.3, -0.25) is 4.79 Å². The van der Waals surface area contributed by atoms with Gasteiger partial charge in [-0.25, -0.2) is 0 Å². The fourth-order valence-corrected chi connectivity index (χ4v) is 3.70. The first kappa shape index (κ1) is 15.2. The zero-order valence-electron chi connectivity index (χ0n) is 11.6. The molecule has 1 heterocycles. The van der Waals surface area contributed by atoms with Crippen LogP contribution in [0, 0.1) is 0 Å². The van der Waals surface area contributed by atoms with Gasteiger partial charge in [-0.2, -0.15) is 0 Å². The third-order valence-corrected chi connectivity index (χ3v) is 5.12. The molecule has 0 aliphatic rings. The second-order valence-corrected chi connectivity index (χ2v) is 6.75. The van der Waals surface area contributed by atoms with Crippen molar-refractivity contribution in [1.29, 1.82) is 0 Å². The third-order valence-electron chi connectivity index (χ3n) is 3.43. The van der Waals surface area contributed by atoms with Crippen molar-refractivity contribution in [3.63, 3.8) is 0 Å². The number of aliphatic hydroxyl groups is 1. The van der Waals surface area contributed by atoms with Crippen LogP contribution in [0.4, 0.5) is 0 Å². The average molecular weight is 376 g/mol. The van der Waals surface area contributed by atoms with E-state index < -0.39 is 6.10 Å². The van der Waals surface area contributed by atoms with Crippen molar-refractivity contribution in [2.75, 3.05) is 6.54 Å². The lowest BCUT2D eigenvalue weighted by Gasteiger charge is -2.14. The van der Waals surface area contributed by atoms with Gasteiger partial charge in [0.05, 0.1) is 11.0 Å². The highest BCUT2D eigenvalue weighted by Crippen LogP contribution is 2.24. The van der Waals surface area contributed by atoms with Crippen molar-refractivity contribution in [3.05, 3.63) is 68.8 Å². The van der Waals surface area contributed by atoms with Crippen LogP contribution in [-0.2, 0) is 0 Å². The molecule has 1 aromatic heterocycles. The normalized spacial score (nSPS) is 12.3. The van der Waals surface area contributed by atoms with Crippen molar-refractivity contribution in [1.82, 2.24) is 5.32 Å². The molecule has 5 heteroatoms. The molecule has 3 aromatic rings. The monoisotopic (exact) mass is 375 g/mol. The van der Waals surface area contributed by atoms with E-state index in [9.17, 15) is 9.90 Å². The predicted molar refractivity (Wildman–Crippen MR) is 93.3 cm³/mol. The number of fused-ring (bicyclic) bond motifs is 1. The van der Waals surface area contributed by atoms with Crippen LogP contribution >= 0.6 is 27.3 Å². The molecule has 3 nitrogen and oxygen atoms in total. The van der Waals surface area contributed by atoms with E-state index in [1.165, 1.54) is 11.3 Å². The van der Waals surface area contributed by atoms with E-state index in [0.717, 1.165) is 20.8 Å². The van der Waals surface area contributed by atoms with Crippen LogP contribution in [0.3, 0.4) is 0 Å². The summed E-state index contributed by atoms with van der Waals surface area (Å²) < 4.78 is 0.886. The van der Waals surface area contributed by atoms with Gasteiger partial charge in [-0.1, -0.05) is 42.5 Å². The first-order chi connectivity index (χ1) is 10.6. The highest BCUT2D eigenvalue weighted by Gasteiger charge is 2.14. The first-order valence-corrected chi connectivity index (χ1v) is 8.50. The Morgan fingerprint density at radius 3 is 2.77 bits per heavy atom. The Hall–Kier alpha value is -1.69. The number of aliphatic hydroxyl groups excluding tert-OH is 1. The average Bonchev–Trinajstić information content (AvgIpc) is 2.98. The Morgan fingerprint density at radius 1 is 1.23 bits per heavy atom. The highest BCUT2D eigenvalue weighted by atomic mass is 79.9. The van der Waals surface area contributed by atoms with Gasteiger partial charge in [0.1, 0.15) is 0 Å². The maximum Gasteiger partial charge on any atom is 0.261 e. The number of benzene rings is 2. The van der Waals surface area contributed by atoms with Crippen molar-refractivity contribution in [2.24, 2.45) is 0 Å². The number of thiophene rings is 1. The van der Waals surface area contributed by atoms with E-state index >= 15 is 0 Å². The minimum absolute atomic E-state index is 0.171. The van der Waals surface area contributed by atoms with Crippen LogP contribution in [-0.4, -0.2) is 17.6 Å².